The Kier molecular flexibility index (Phi) is 7.97. The van der Waals surface area contributed by atoms with Crippen LogP contribution in [-0.4, -0.2) is 72.3 Å². The van der Waals surface area contributed by atoms with E-state index in [1.807, 2.05) is 0 Å². The molecule has 3 aliphatic rings. The van der Waals surface area contributed by atoms with Crippen LogP contribution in [0.15, 0.2) is 12.1 Å². The van der Waals surface area contributed by atoms with Crippen LogP contribution < -0.4 is 10.6 Å². The SMILES string of the molecule is O=C(NC(CCN1CC[C@@H](CCc2ccc3c(n2)NCCC3)C1)C(=O)O)C1CCOCC1. The van der Waals surface area contributed by atoms with Crippen molar-refractivity contribution in [3.8, 4) is 0 Å². The Bertz CT molecular complexity index is 796. The summed E-state index contributed by atoms with van der Waals surface area (Å²) >= 11 is 0. The van der Waals surface area contributed by atoms with Crippen LogP contribution in [0.1, 0.15) is 49.8 Å². The Hall–Kier alpha value is -2.19. The van der Waals surface area contributed by atoms with Gasteiger partial charge in [-0.15, -0.1) is 0 Å². The minimum atomic E-state index is -0.951. The van der Waals surface area contributed by atoms with Crippen molar-refractivity contribution in [2.24, 2.45) is 11.8 Å². The van der Waals surface area contributed by atoms with Gasteiger partial charge in [0.1, 0.15) is 11.9 Å². The summed E-state index contributed by atoms with van der Waals surface area (Å²) in [4.78, 5) is 31.2. The van der Waals surface area contributed by atoms with Gasteiger partial charge in [0.25, 0.3) is 0 Å². The van der Waals surface area contributed by atoms with E-state index in [4.69, 9.17) is 9.72 Å². The van der Waals surface area contributed by atoms with E-state index in [1.165, 1.54) is 12.0 Å². The van der Waals surface area contributed by atoms with E-state index in [0.29, 0.717) is 44.9 Å². The Labute approximate surface area is 190 Å². The highest BCUT2D eigenvalue weighted by Crippen LogP contribution is 2.24. The number of amides is 1. The molecule has 4 rings (SSSR count). The smallest absolute Gasteiger partial charge is 0.326 e. The predicted molar refractivity (Wildman–Crippen MR) is 122 cm³/mol. The average Bonchev–Trinajstić information content (AvgIpc) is 3.28. The molecule has 2 atom stereocenters. The summed E-state index contributed by atoms with van der Waals surface area (Å²) in [5, 5.41) is 15.7. The summed E-state index contributed by atoms with van der Waals surface area (Å²) < 4.78 is 5.29. The Morgan fingerprint density at radius 3 is 2.94 bits per heavy atom. The first-order chi connectivity index (χ1) is 15.6. The molecule has 1 amide bonds. The highest BCUT2D eigenvalue weighted by molar-refractivity contribution is 5.85. The third-order valence-electron chi connectivity index (χ3n) is 7.07. The van der Waals surface area contributed by atoms with E-state index >= 15 is 0 Å². The zero-order valence-corrected chi connectivity index (χ0v) is 18.9. The fraction of sp³-hybridized carbons (Fsp3) is 0.708. The number of nitrogens with zero attached hydrogens (tertiary/aromatic N) is 2. The van der Waals surface area contributed by atoms with Gasteiger partial charge in [-0.05, 0) is 75.5 Å². The van der Waals surface area contributed by atoms with Crippen molar-refractivity contribution in [3.05, 3.63) is 23.4 Å². The number of likely N-dealkylation sites (tertiary alicyclic amines) is 1. The van der Waals surface area contributed by atoms with Crippen LogP contribution in [0, 0.1) is 11.8 Å². The Morgan fingerprint density at radius 2 is 2.12 bits per heavy atom. The maximum absolute atomic E-state index is 12.4. The normalized spacial score (nSPS) is 22.7. The lowest BCUT2D eigenvalue weighted by atomic mass is 9.98. The summed E-state index contributed by atoms with van der Waals surface area (Å²) in [6.07, 6.45) is 7.28. The van der Waals surface area contributed by atoms with Gasteiger partial charge in [-0.2, -0.15) is 0 Å². The molecule has 0 aliphatic carbocycles. The molecular formula is C24H36N4O4. The van der Waals surface area contributed by atoms with Crippen LogP contribution in [0.3, 0.4) is 0 Å². The Balaban J connectivity index is 1.19. The number of aliphatic carboxylic acids is 1. The topological polar surface area (TPSA) is 104 Å². The number of carbonyl (C=O) groups is 2. The standard InChI is InChI=1S/C24H36N4O4/c29-23(19-9-14-32-15-10-19)27-21(24(30)31)8-13-28-12-7-17(16-28)3-5-20-6-4-18-2-1-11-25-22(18)26-20/h4,6,17,19,21H,1-3,5,7-16H2,(H,25,26)(H,27,29)(H,30,31)/t17-,21?/m1/s1. The fourth-order valence-corrected chi connectivity index (χ4v) is 5.03. The largest absolute Gasteiger partial charge is 0.480 e. The van der Waals surface area contributed by atoms with Crippen molar-refractivity contribution in [2.75, 3.05) is 44.7 Å². The molecular weight excluding hydrogens is 408 g/mol. The van der Waals surface area contributed by atoms with Gasteiger partial charge < -0.3 is 25.4 Å². The number of hydrogen-bond donors (Lipinski definition) is 3. The molecule has 8 heteroatoms. The monoisotopic (exact) mass is 444 g/mol. The zero-order chi connectivity index (χ0) is 22.3. The van der Waals surface area contributed by atoms with Gasteiger partial charge in [0.05, 0.1) is 0 Å². The molecule has 0 saturated carbocycles. The van der Waals surface area contributed by atoms with Crippen molar-refractivity contribution in [2.45, 2.75) is 57.4 Å². The number of aromatic nitrogens is 1. The van der Waals surface area contributed by atoms with Crippen LogP contribution in [0.4, 0.5) is 5.82 Å². The van der Waals surface area contributed by atoms with E-state index < -0.39 is 12.0 Å². The number of carboxylic acid groups (broad SMARTS) is 1. The molecule has 176 valence electrons. The highest BCUT2D eigenvalue weighted by atomic mass is 16.5. The molecule has 3 aliphatic heterocycles. The molecule has 0 bridgehead atoms. The number of carboxylic acids is 1. The Morgan fingerprint density at radius 1 is 1.28 bits per heavy atom. The summed E-state index contributed by atoms with van der Waals surface area (Å²) in [5.41, 5.74) is 2.47. The number of rotatable bonds is 9. The number of pyridine rings is 1. The molecule has 8 nitrogen and oxygen atoms in total. The molecule has 3 N–H and O–H groups in total. The number of ether oxygens (including phenoxy) is 1. The van der Waals surface area contributed by atoms with Crippen molar-refractivity contribution >= 4 is 17.7 Å². The van der Waals surface area contributed by atoms with Crippen molar-refractivity contribution in [1.29, 1.82) is 0 Å². The first kappa shape index (κ1) is 23.0. The lowest BCUT2D eigenvalue weighted by Crippen LogP contribution is -2.46. The summed E-state index contributed by atoms with van der Waals surface area (Å²) in [6.45, 7) is 4.83. The number of fused-ring (bicyclic) bond motifs is 1. The van der Waals surface area contributed by atoms with Gasteiger partial charge in [0.2, 0.25) is 5.91 Å². The maximum atomic E-state index is 12.4. The number of anilines is 1. The number of carbonyl (C=O) groups excluding carboxylic acids is 1. The molecule has 0 spiro atoms. The first-order valence-electron chi connectivity index (χ1n) is 12.1. The summed E-state index contributed by atoms with van der Waals surface area (Å²) in [7, 11) is 0. The predicted octanol–water partition coefficient (Wildman–Crippen LogP) is 2.08. The van der Waals surface area contributed by atoms with Gasteiger partial charge in [-0.25, -0.2) is 9.78 Å². The average molecular weight is 445 g/mol. The zero-order valence-electron chi connectivity index (χ0n) is 18.9. The minimum absolute atomic E-state index is 0.130. The second-order valence-electron chi connectivity index (χ2n) is 9.41. The van der Waals surface area contributed by atoms with E-state index in [9.17, 15) is 14.7 Å². The molecule has 1 aromatic heterocycles. The number of aryl methyl sites for hydroxylation is 2. The number of hydrogen-bond acceptors (Lipinski definition) is 6. The van der Waals surface area contributed by atoms with Gasteiger partial charge in [-0.1, -0.05) is 6.07 Å². The summed E-state index contributed by atoms with van der Waals surface area (Å²) in [5.74, 6) is 0.444. The van der Waals surface area contributed by atoms with Crippen LogP contribution in [0.25, 0.3) is 0 Å². The van der Waals surface area contributed by atoms with Crippen molar-refractivity contribution in [3.63, 3.8) is 0 Å². The molecule has 4 heterocycles. The lowest BCUT2D eigenvalue weighted by molar-refractivity contribution is -0.143. The van der Waals surface area contributed by atoms with E-state index in [0.717, 1.165) is 56.8 Å². The van der Waals surface area contributed by atoms with Crippen LogP contribution in [-0.2, 0) is 27.2 Å². The number of nitrogens with one attached hydrogen (secondary N) is 2. The quantitative estimate of drug-likeness (QED) is 0.536. The van der Waals surface area contributed by atoms with E-state index in [-0.39, 0.29) is 11.8 Å². The molecule has 0 radical (unpaired) electrons. The minimum Gasteiger partial charge on any atom is -0.480 e. The third-order valence-corrected chi connectivity index (χ3v) is 7.07. The van der Waals surface area contributed by atoms with Crippen molar-refractivity contribution in [1.82, 2.24) is 15.2 Å². The highest BCUT2D eigenvalue weighted by Gasteiger charge is 2.28. The second kappa shape index (κ2) is 11.1. The molecule has 1 unspecified atom stereocenters. The molecule has 1 aromatic rings. The van der Waals surface area contributed by atoms with Crippen LogP contribution >= 0.6 is 0 Å². The third kappa shape index (κ3) is 6.19. The summed E-state index contributed by atoms with van der Waals surface area (Å²) in [6, 6.07) is 3.55. The lowest BCUT2D eigenvalue weighted by Gasteiger charge is -2.24. The first-order valence-corrected chi connectivity index (χ1v) is 12.1. The van der Waals surface area contributed by atoms with Gasteiger partial charge in [-0.3, -0.25) is 4.79 Å². The van der Waals surface area contributed by atoms with Crippen molar-refractivity contribution < 1.29 is 19.4 Å². The van der Waals surface area contributed by atoms with Gasteiger partial charge >= 0.3 is 5.97 Å². The maximum Gasteiger partial charge on any atom is 0.326 e. The van der Waals surface area contributed by atoms with Crippen LogP contribution in [0.5, 0.6) is 0 Å². The fourth-order valence-electron chi connectivity index (χ4n) is 5.03. The molecule has 2 fully saturated rings. The molecule has 32 heavy (non-hydrogen) atoms. The van der Waals surface area contributed by atoms with Gasteiger partial charge in [0.15, 0.2) is 0 Å². The van der Waals surface area contributed by atoms with Gasteiger partial charge in [0, 0.05) is 44.5 Å². The van der Waals surface area contributed by atoms with Crippen LogP contribution in [0.2, 0.25) is 0 Å². The van der Waals surface area contributed by atoms with E-state index in [1.54, 1.807) is 0 Å². The van der Waals surface area contributed by atoms with E-state index in [2.05, 4.69) is 27.7 Å². The molecule has 0 aromatic carbocycles. The molecule has 2 saturated heterocycles. The second-order valence-corrected chi connectivity index (χ2v) is 9.41.